The lowest BCUT2D eigenvalue weighted by Crippen LogP contribution is -2.24. The number of carbonyl (C=O) groups excluding carboxylic acids is 3. The van der Waals surface area contributed by atoms with Gasteiger partial charge >= 0.3 is 0 Å². The zero-order valence-electron chi connectivity index (χ0n) is 24.6. The number of allylic oxidation sites excluding steroid dienone is 2. The molecule has 0 bridgehead atoms. The van der Waals surface area contributed by atoms with Crippen molar-refractivity contribution in [2.24, 2.45) is 5.92 Å². The number of hydrogen-bond donors (Lipinski definition) is 1. The van der Waals surface area contributed by atoms with Gasteiger partial charge in [0.15, 0.2) is 0 Å². The number of benzene rings is 2. The Hall–Kier alpha value is -3.65. The average molecular weight is 540 g/mol. The minimum absolute atomic E-state index is 0.0132. The maximum Gasteiger partial charge on any atom is 0.274 e. The number of hydrogen-bond acceptors (Lipinski definition) is 6. The first-order valence-electron chi connectivity index (χ1n) is 13.1. The molecular formula is C31H45N3O5. The molecule has 1 aliphatic rings. The summed E-state index contributed by atoms with van der Waals surface area (Å²) in [7, 11) is 2.19. The van der Waals surface area contributed by atoms with E-state index in [1.165, 1.54) is 55.1 Å². The summed E-state index contributed by atoms with van der Waals surface area (Å²) in [6, 6.07) is 9.51. The van der Waals surface area contributed by atoms with E-state index in [1.807, 2.05) is 27.4 Å². The molecule has 0 spiro atoms. The Morgan fingerprint density at radius 1 is 1.00 bits per heavy atom. The lowest BCUT2D eigenvalue weighted by Gasteiger charge is -2.20. The third-order valence-corrected chi connectivity index (χ3v) is 6.62. The summed E-state index contributed by atoms with van der Waals surface area (Å²) in [6.45, 7) is 18.2. The van der Waals surface area contributed by atoms with Crippen LogP contribution in [0.5, 0.6) is 0 Å². The van der Waals surface area contributed by atoms with Gasteiger partial charge in [-0.05, 0) is 102 Å². The van der Waals surface area contributed by atoms with Crippen LogP contribution in [0, 0.1) is 43.7 Å². The number of nitro groups is 1. The lowest BCUT2D eigenvalue weighted by molar-refractivity contribution is -0.385. The number of rotatable bonds is 6. The molecule has 0 aromatic heterocycles. The van der Waals surface area contributed by atoms with Gasteiger partial charge in [0, 0.05) is 17.5 Å². The Morgan fingerprint density at radius 3 is 2.10 bits per heavy atom. The third kappa shape index (κ3) is 12.2. The minimum Gasteiger partial charge on any atom is -0.325 e. The first-order valence-corrected chi connectivity index (χ1v) is 13.1. The fraction of sp³-hybridized carbons (Fsp3) is 0.452. The van der Waals surface area contributed by atoms with Gasteiger partial charge in [0.2, 0.25) is 5.91 Å². The highest BCUT2D eigenvalue weighted by atomic mass is 16.6. The monoisotopic (exact) mass is 539 g/mol. The number of nitrogens with zero attached hydrogens (tertiary/aromatic N) is 2. The zero-order chi connectivity index (χ0) is 30.1. The van der Waals surface area contributed by atoms with Crippen molar-refractivity contribution in [3.05, 3.63) is 74.3 Å². The van der Waals surface area contributed by atoms with Crippen LogP contribution < -0.4 is 5.32 Å². The van der Waals surface area contributed by atoms with Crippen LogP contribution in [-0.4, -0.2) is 49.4 Å². The Labute approximate surface area is 233 Å². The standard InChI is InChI=1S/C23H28N2O3.C6H13N.2CH2O/c1-14-7-8-15(2)20(11-14)16(3)9-10-17(4)23(26)24-21-13-22(25(27)28)19(6)12-18(21)5;1-7-5-3-2-4-6-7;2*1-2/h7-9,11-13,17H,10H2,1-6H3,(H,24,26);2-6H2,1H3;2*1H2/b16-9-;;;. The molecule has 214 valence electrons. The SMILES string of the molecule is C/C(=C/CC(C)C(=O)Nc1cc([N+](=O)[O-])c(C)cc1C)c1cc(C)ccc1C.C=O.C=O.CN1CCCCC1. The average Bonchev–Trinajstić information content (AvgIpc) is 2.92. The van der Waals surface area contributed by atoms with Crippen LogP contribution in [-0.2, 0) is 14.4 Å². The molecule has 0 aliphatic carbocycles. The molecule has 1 fully saturated rings. The van der Waals surface area contributed by atoms with Gasteiger partial charge in [-0.25, -0.2) is 0 Å². The van der Waals surface area contributed by atoms with Crippen molar-refractivity contribution < 1.29 is 19.3 Å². The summed E-state index contributed by atoms with van der Waals surface area (Å²) in [6.07, 6.45) is 6.95. The molecule has 2 aromatic carbocycles. The number of carbonyl (C=O) groups is 3. The van der Waals surface area contributed by atoms with Gasteiger partial charge in [-0.2, -0.15) is 0 Å². The van der Waals surface area contributed by atoms with Gasteiger partial charge in [-0.3, -0.25) is 14.9 Å². The first kappa shape index (κ1) is 35.4. The van der Waals surface area contributed by atoms with E-state index in [0.717, 1.165) is 11.1 Å². The number of amides is 1. The van der Waals surface area contributed by atoms with Crippen molar-refractivity contribution in [1.82, 2.24) is 4.90 Å². The van der Waals surface area contributed by atoms with E-state index in [4.69, 9.17) is 9.59 Å². The highest BCUT2D eigenvalue weighted by molar-refractivity contribution is 5.93. The second-order valence-corrected chi connectivity index (χ2v) is 9.91. The fourth-order valence-corrected chi connectivity index (χ4v) is 4.21. The highest BCUT2D eigenvalue weighted by Gasteiger charge is 2.18. The van der Waals surface area contributed by atoms with Crippen LogP contribution in [0.15, 0.2) is 36.4 Å². The summed E-state index contributed by atoms with van der Waals surface area (Å²) < 4.78 is 0. The first-order chi connectivity index (χ1) is 18.5. The number of nitrogens with one attached hydrogen (secondary N) is 1. The summed E-state index contributed by atoms with van der Waals surface area (Å²) in [5.74, 6) is -0.397. The smallest absolute Gasteiger partial charge is 0.274 e. The van der Waals surface area contributed by atoms with Crippen molar-refractivity contribution in [1.29, 1.82) is 0 Å². The summed E-state index contributed by atoms with van der Waals surface area (Å²) in [5, 5.41) is 14.0. The summed E-state index contributed by atoms with van der Waals surface area (Å²) in [4.78, 5) is 41.7. The minimum atomic E-state index is -0.426. The maximum atomic E-state index is 12.6. The zero-order valence-corrected chi connectivity index (χ0v) is 24.6. The van der Waals surface area contributed by atoms with E-state index in [2.05, 4.69) is 62.3 Å². The topological polar surface area (TPSA) is 110 Å². The lowest BCUT2D eigenvalue weighted by atomic mass is 9.96. The van der Waals surface area contributed by atoms with Crippen LogP contribution in [0.1, 0.15) is 67.3 Å². The number of anilines is 1. The van der Waals surface area contributed by atoms with Crippen molar-refractivity contribution in [3.8, 4) is 0 Å². The molecule has 1 heterocycles. The van der Waals surface area contributed by atoms with E-state index >= 15 is 0 Å². The number of likely N-dealkylation sites (tertiary alicyclic amines) is 1. The molecule has 1 atom stereocenters. The molecule has 8 nitrogen and oxygen atoms in total. The van der Waals surface area contributed by atoms with E-state index in [0.29, 0.717) is 17.7 Å². The molecule has 1 saturated heterocycles. The van der Waals surface area contributed by atoms with Crippen LogP contribution >= 0.6 is 0 Å². The van der Waals surface area contributed by atoms with Crippen molar-refractivity contribution >= 4 is 36.4 Å². The quantitative estimate of drug-likeness (QED) is 0.326. The number of piperidine rings is 1. The molecule has 1 aliphatic heterocycles. The Morgan fingerprint density at radius 2 is 1.59 bits per heavy atom. The van der Waals surface area contributed by atoms with Gasteiger partial charge in [0.05, 0.1) is 10.6 Å². The maximum absolute atomic E-state index is 12.6. The van der Waals surface area contributed by atoms with E-state index in [-0.39, 0.29) is 17.5 Å². The van der Waals surface area contributed by atoms with Crippen LogP contribution in [0.4, 0.5) is 11.4 Å². The predicted octanol–water partition coefficient (Wildman–Crippen LogP) is 6.63. The van der Waals surface area contributed by atoms with Crippen molar-refractivity contribution in [2.45, 2.75) is 67.2 Å². The van der Waals surface area contributed by atoms with Crippen LogP contribution in [0.3, 0.4) is 0 Å². The Bertz CT molecular complexity index is 1110. The van der Waals surface area contributed by atoms with Crippen LogP contribution in [0.25, 0.3) is 5.57 Å². The van der Waals surface area contributed by atoms with Gasteiger partial charge < -0.3 is 19.8 Å². The molecular weight excluding hydrogens is 494 g/mol. The van der Waals surface area contributed by atoms with Gasteiger partial charge in [-0.15, -0.1) is 0 Å². The van der Waals surface area contributed by atoms with E-state index in [9.17, 15) is 14.9 Å². The molecule has 39 heavy (non-hydrogen) atoms. The summed E-state index contributed by atoms with van der Waals surface area (Å²) >= 11 is 0. The van der Waals surface area contributed by atoms with Crippen molar-refractivity contribution in [2.75, 3.05) is 25.5 Å². The van der Waals surface area contributed by atoms with Crippen LogP contribution in [0.2, 0.25) is 0 Å². The second kappa shape index (κ2) is 18.6. The molecule has 2 aromatic rings. The molecule has 0 saturated carbocycles. The molecule has 1 unspecified atom stereocenters. The Balaban J connectivity index is 0.00000111. The molecule has 1 N–H and O–H groups in total. The molecule has 8 heteroatoms. The molecule has 3 rings (SSSR count). The van der Waals surface area contributed by atoms with E-state index < -0.39 is 4.92 Å². The van der Waals surface area contributed by atoms with Gasteiger partial charge in [0.1, 0.15) is 13.6 Å². The fourth-order valence-electron chi connectivity index (χ4n) is 4.21. The van der Waals surface area contributed by atoms with Gasteiger partial charge in [-0.1, -0.05) is 43.2 Å². The van der Waals surface area contributed by atoms with Crippen molar-refractivity contribution in [3.63, 3.8) is 0 Å². The van der Waals surface area contributed by atoms with Gasteiger partial charge in [0.25, 0.3) is 5.69 Å². The molecule has 0 radical (unpaired) electrons. The predicted molar refractivity (Wildman–Crippen MR) is 160 cm³/mol. The largest absolute Gasteiger partial charge is 0.325 e. The second-order valence-electron chi connectivity index (χ2n) is 9.91. The number of aryl methyl sites for hydroxylation is 4. The third-order valence-electron chi connectivity index (χ3n) is 6.62. The summed E-state index contributed by atoms with van der Waals surface area (Å²) in [5.41, 5.74) is 6.64. The molecule has 1 amide bonds. The number of nitro benzene ring substituents is 1. The normalized spacial score (nSPS) is 13.8. The Kier molecular flexibility index (Phi) is 16.8. The highest BCUT2D eigenvalue weighted by Crippen LogP contribution is 2.27. The van der Waals surface area contributed by atoms with E-state index in [1.54, 1.807) is 13.0 Å².